The van der Waals surface area contributed by atoms with E-state index in [4.69, 9.17) is 9.47 Å². The third-order valence-corrected chi connectivity index (χ3v) is 6.17. The lowest BCUT2D eigenvalue weighted by molar-refractivity contribution is -0.121. The van der Waals surface area contributed by atoms with Gasteiger partial charge in [0.2, 0.25) is 0 Å². The SMILES string of the molecule is COc1ccc(CCC(=O)C[C@@H](O)C[C@H](CCO)CCCCCc2ccccc2)cc1OC. The van der Waals surface area contributed by atoms with E-state index >= 15 is 0 Å². The number of carbonyl (C=O) groups is 1. The summed E-state index contributed by atoms with van der Waals surface area (Å²) in [5.41, 5.74) is 2.37. The quantitative estimate of drug-likeness (QED) is 0.322. The molecule has 182 valence electrons. The topological polar surface area (TPSA) is 76.0 Å². The molecule has 0 saturated carbocycles. The Hall–Kier alpha value is -2.37. The number of Topliss-reactive ketones (excluding diaryl/α,β-unsaturated/α-hetero) is 1. The number of rotatable bonds is 17. The van der Waals surface area contributed by atoms with Crippen molar-refractivity contribution in [1.29, 1.82) is 0 Å². The highest BCUT2D eigenvalue weighted by atomic mass is 16.5. The van der Waals surface area contributed by atoms with Gasteiger partial charge in [0.1, 0.15) is 5.78 Å². The first-order valence-electron chi connectivity index (χ1n) is 12.1. The minimum atomic E-state index is -0.649. The van der Waals surface area contributed by atoms with Crippen molar-refractivity contribution in [3.8, 4) is 11.5 Å². The third-order valence-electron chi connectivity index (χ3n) is 6.17. The van der Waals surface area contributed by atoms with Crippen LogP contribution in [-0.4, -0.2) is 42.9 Å². The fraction of sp³-hybridized carbons (Fsp3) is 0.536. The molecule has 0 amide bonds. The second kappa shape index (κ2) is 15.5. The highest BCUT2D eigenvalue weighted by molar-refractivity contribution is 5.79. The van der Waals surface area contributed by atoms with Crippen molar-refractivity contribution in [2.45, 2.75) is 70.3 Å². The Morgan fingerprint density at radius 1 is 0.879 bits per heavy atom. The van der Waals surface area contributed by atoms with Crippen molar-refractivity contribution in [2.75, 3.05) is 20.8 Å². The Kier molecular flexibility index (Phi) is 12.6. The first-order valence-corrected chi connectivity index (χ1v) is 12.1. The van der Waals surface area contributed by atoms with E-state index in [0.717, 1.165) is 37.7 Å². The summed E-state index contributed by atoms with van der Waals surface area (Å²) in [5, 5.41) is 19.9. The molecule has 0 aliphatic carbocycles. The summed E-state index contributed by atoms with van der Waals surface area (Å²) in [6, 6.07) is 16.2. The number of hydrogen-bond donors (Lipinski definition) is 2. The van der Waals surface area contributed by atoms with Crippen LogP contribution in [0.1, 0.15) is 62.5 Å². The van der Waals surface area contributed by atoms with Gasteiger partial charge in [-0.05, 0) is 61.3 Å². The average molecular weight is 457 g/mol. The lowest BCUT2D eigenvalue weighted by Gasteiger charge is -2.19. The normalized spacial score (nSPS) is 12.8. The van der Waals surface area contributed by atoms with Gasteiger partial charge >= 0.3 is 0 Å². The van der Waals surface area contributed by atoms with Crippen LogP contribution in [0.3, 0.4) is 0 Å². The number of aryl methyl sites for hydroxylation is 2. The standard InChI is InChI=1S/C28H40O5/c1-32-27-16-14-24(20-28(27)33-2)13-15-25(30)21-26(31)19-23(17-18-29)12-8-4-7-11-22-9-5-3-6-10-22/h3,5-6,9-10,14,16,20,23,26,29,31H,4,7-8,11-13,15,17-19,21H2,1-2H3/t23-,26-/m0/s1. The van der Waals surface area contributed by atoms with Crippen molar-refractivity contribution in [2.24, 2.45) is 5.92 Å². The number of ketones is 1. The van der Waals surface area contributed by atoms with E-state index in [1.807, 2.05) is 24.3 Å². The molecule has 0 spiro atoms. The minimum absolute atomic E-state index is 0.0582. The van der Waals surface area contributed by atoms with E-state index in [0.29, 0.717) is 37.2 Å². The van der Waals surface area contributed by atoms with E-state index in [2.05, 4.69) is 24.3 Å². The molecular weight excluding hydrogens is 416 g/mol. The van der Waals surface area contributed by atoms with Crippen molar-refractivity contribution in [3.05, 3.63) is 59.7 Å². The summed E-state index contributed by atoms with van der Waals surface area (Å²) < 4.78 is 10.6. The van der Waals surface area contributed by atoms with Gasteiger partial charge in [-0.25, -0.2) is 0 Å². The molecule has 0 aliphatic rings. The summed E-state index contributed by atoms with van der Waals surface area (Å²) in [7, 11) is 3.19. The molecule has 0 bridgehead atoms. The monoisotopic (exact) mass is 456 g/mol. The van der Waals surface area contributed by atoms with Gasteiger partial charge in [0.15, 0.2) is 11.5 Å². The lowest BCUT2D eigenvalue weighted by Crippen LogP contribution is -2.19. The van der Waals surface area contributed by atoms with Crippen LogP contribution in [-0.2, 0) is 17.6 Å². The predicted octanol–water partition coefficient (Wildman–Crippen LogP) is 5.15. The van der Waals surface area contributed by atoms with E-state index in [1.54, 1.807) is 14.2 Å². The van der Waals surface area contributed by atoms with E-state index in [9.17, 15) is 15.0 Å². The molecule has 0 radical (unpaired) electrons. The molecule has 2 N–H and O–H groups in total. The first kappa shape index (κ1) is 26.9. The molecule has 2 atom stereocenters. The summed E-state index contributed by atoms with van der Waals surface area (Å²) in [4.78, 5) is 12.4. The number of carbonyl (C=O) groups excluding carboxylic acids is 1. The highest BCUT2D eigenvalue weighted by Gasteiger charge is 2.17. The number of benzene rings is 2. The number of ether oxygens (including phenoxy) is 2. The van der Waals surface area contributed by atoms with Crippen LogP contribution < -0.4 is 9.47 Å². The van der Waals surface area contributed by atoms with Crippen molar-refractivity contribution < 1.29 is 24.5 Å². The van der Waals surface area contributed by atoms with Crippen LogP contribution in [0, 0.1) is 5.92 Å². The molecule has 0 aliphatic heterocycles. The van der Waals surface area contributed by atoms with Gasteiger partial charge in [-0.15, -0.1) is 0 Å². The minimum Gasteiger partial charge on any atom is -0.493 e. The maximum absolute atomic E-state index is 12.4. The summed E-state index contributed by atoms with van der Waals surface area (Å²) in [5.74, 6) is 1.62. The van der Waals surface area contributed by atoms with Gasteiger partial charge < -0.3 is 19.7 Å². The van der Waals surface area contributed by atoms with Gasteiger partial charge in [0.05, 0.1) is 20.3 Å². The fourth-order valence-corrected chi connectivity index (χ4v) is 4.30. The van der Waals surface area contributed by atoms with Crippen molar-refractivity contribution in [1.82, 2.24) is 0 Å². The van der Waals surface area contributed by atoms with Crippen LogP contribution in [0.2, 0.25) is 0 Å². The molecule has 0 heterocycles. The van der Waals surface area contributed by atoms with E-state index in [-0.39, 0.29) is 24.7 Å². The molecule has 2 aromatic carbocycles. The zero-order valence-corrected chi connectivity index (χ0v) is 20.2. The Balaban J connectivity index is 1.68. The molecule has 5 heteroatoms. The zero-order valence-electron chi connectivity index (χ0n) is 20.2. The van der Waals surface area contributed by atoms with E-state index in [1.165, 1.54) is 5.56 Å². The fourth-order valence-electron chi connectivity index (χ4n) is 4.30. The molecule has 0 unspecified atom stereocenters. The molecule has 5 nitrogen and oxygen atoms in total. The van der Waals surface area contributed by atoms with Gasteiger partial charge in [0, 0.05) is 19.4 Å². The van der Waals surface area contributed by atoms with Crippen LogP contribution in [0.15, 0.2) is 48.5 Å². The Labute approximate surface area is 198 Å². The molecule has 0 saturated heterocycles. The molecule has 2 aromatic rings. The number of unbranched alkanes of at least 4 members (excludes halogenated alkanes) is 2. The molecule has 2 rings (SSSR count). The number of methoxy groups -OCH3 is 2. The zero-order chi connectivity index (χ0) is 23.9. The Morgan fingerprint density at radius 2 is 1.64 bits per heavy atom. The van der Waals surface area contributed by atoms with Crippen LogP contribution in [0.4, 0.5) is 0 Å². The van der Waals surface area contributed by atoms with E-state index < -0.39 is 6.10 Å². The van der Waals surface area contributed by atoms with Gasteiger partial charge in [-0.1, -0.05) is 55.7 Å². The van der Waals surface area contributed by atoms with Crippen molar-refractivity contribution in [3.63, 3.8) is 0 Å². The average Bonchev–Trinajstić information content (AvgIpc) is 2.83. The first-order chi connectivity index (χ1) is 16.0. The van der Waals surface area contributed by atoms with Gasteiger partial charge in [-0.2, -0.15) is 0 Å². The summed E-state index contributed by atoms with van der Waals surface area (Å²) in [6.45, 7) is 0.120. The Bertz CT molecular complexity index is 805. The van der Waals surface area contributed by atoms with Crippen molar-refractivity contribution >= 4 is 5.78 Å². The number of aliphatic hydroxyl groups excluding tert-OH is 2. The molecule has 0 fully saturated rings. The van der Waals surface area contributed by atoms with Crippen LogP contribution in [0.5, 0.6) is 11.5 Å². The molecule has 33 heavy (non-hydrogen) atoms. The smallest absolute Gasteiger partial charge is 0.160 e. The molecule has 0 aromatic heterocycles. The predicted molar refractivity (Wildman–Crippen MR) is 132 cm³/mol. The largest absolute Gasteiger partial charge is 0.493 e. The maximum Gasteiger partial charge on any atom is 0.160 e. The van der Waals surface area contributed by atoms with Gasteiger partial charge in [0.25, 0.3) is 0 Å². The Morgan fingerprint density at radius 3 is 2.33 bits per heavy atom. The second-order valence-corrected chi connectivity index (χ2v) is 8.78. The van der Waals surface area contributed by atoms with Gasteiger partial charge in [-0.3, -0.25) is 4.79 Å². The summed E-state index contributed by atoms with van der Waals surface area (Å²) >= 11 is 0. The lowest BCUT2D eigenvalue weighted by atomic mass is 9.90. The maximum atomic E-state index is 12.4. The molecular formula is C28H40O5. The third kappa shape index (κ3) is 10.4. The summed E-state index contributed by atoms with van der Waals surface area (Å²) in [6.07, 6.45) is 7.18. The van der Waals surface area contributed by atoms with Crippen LogP contribution >= 0.6 is 0 Å². The highest BCUT2D eigenvalue weighted by Crippen LogP contribution is 2.28. The number of hydrogen-bond acceptors (Lipinski definition) is 5. The second-order valence-electron chi connectivity index (χ2n) is 8.78. The van der Waals surface area contributed by atoms with Crippen LogP contribution in [0.25, 0.3) is 0 Å². The number of aliphatic hydroxyl groups is 2.